The van der Waals surface area contributed by atoms with Crippen molar-refractivity contribution in [1.82, 2.24) is 0 Å². The summed E-state index contributed by atoms with van der Waals surface area (Å²) in [5, 5.41) is 3.22. The Hall–Kier alpha value is -1.51. The van der Waals surface area contributed by atoms with Crippen molar-refractivity contribution in [3.05, 3.63) is 29.8 Å². The summed E-state index contributed by atoms with van der Waals surface area (Å²) in [6, 6.07) is 8.88. The van der Waals surface area contributed by atoms with Gasteiger partial charge in [0.1, 0.15) is 0 Å². The molecule has 19 heavy (non-hydrogen) atoms. The molecule has 0 aliphatic heterocycles. The van der Waals surface area contributed by atoms with Crippen LogP contribution in [0.15, 0.2) is 29.3 Å². The average Bonchev–Trinajstić information content (AvgIpc) is 3.22. The number of benzene rings is 1. The molecule has 3 N–H and O–H groups in total. The van der Waals surface area contributed by atoms with Gasteiger partial charge in [0, 0.05) is 5.69 Å². The van der Waals surface area contributed by atoms with Gasteiger partial charge < -0.3 is 11.1 Å². The van der Waals surface area contributed by atoms with Gasteiger partial charge in [-0.25, -0.2) is 4.99 Å². The molecule has 3 rings (SSSR count). The van der Waals surface area contributed by atoms with Gasteiger partial charge in [-0.05, 0) is 54.7 Å². The van der Waals surface area contributed by atoms with E-state index in [2.05, 4.69) is 42.4 Å². The van der Waals surface area contributed by atoms with Crippen LogP contribution >= 0.6 is 0 Å². The highest BCUT2D eigenvalue weighted by atomic mass is 15.1. The van der Waals surface area contributed by atoms with Crippen molar-refractivity contribution in [3.63, 3.8) is 0 Å². The maximum absolute atomic E-state index is 5.99. The van der Waals surface area contributed by atoms with Crippen molar-refractivity contribution in [2.24, 2.45) is 22.6 Å². The first kappa shape index (κ1) is 12.5. The Balaban J connectivity index is 1.61. The summed E-state index contributed by atoms with van der Waals surface area (Å²) in [7, 11) is 0. The minimum Gasteiger partial charge on any atom is -0.370 e. The highest BCUT2D eigenvalue weighted by molar-refractivity contribution is 5.92. The minimum atomic E-state index is 0.480. The lowest BCUT2D eigenvalue weighted by Gasteiger charge is -2.09. The van der Waals surface area contributed by atoms with Crippen LogP contribution in [0.2, 0.25) is 0 Å². The Morgan fingerprint density at radius 2 is 2.16 bits per heavy atom. The van der Waals surface area contributed by atoms with Gasteiger partial charge in [-0.15, -0.1) is 0 Å². The number of guanidine groups is 1. The van der Waals surface area contributed by atoms with E-state index in [1.807, 2.05) is 6.07 Å². The van der Waals surface area contributed by atoms with E-state index in [0.29, 0.717) is 17.9 Å². The molecule has 0 amide bonds. The minimum absolute atomic E-state index is 0.480. The monoisotopic (exact) mass is 257 g/mol. The second-order valence-corrected chi connectivity index (χ2v) is 6.22. The second kappa shape index (κ2) is 4.87. The molecular formula is C16H23N3. The Morgan fingerprint density at radius 1 is 1.37 bits per heavy atom. The van der Waals surface area contributed by atoms with Gasteiger partial charge in [0.25, 0.3) is 0 Å². The molecule has 0 radical (unpaired) electrons. The zero-order chi connectivity index (χ0) is 13.4. The standard InChI is InChI=1S/C16H23N3/c1-10(2)12-4-3-5-13(8-12)18-16(17)19-15-9-14(15)11-6-7-11/h3-5,8,10-11,14-15H,6-7,9H2,1-2H3,(H3,17,18,19)/t14-,15+/m0/s1. The largest absolute Gasteiger partial charge is 0.370 e. The van der Waals surface area contributed by atoms with Crippen molar-refractivity contribution in [2.45, 2.75) is 45.1 Å². The summed E-state index contributed by atoms with van der Waals surface area (Å²) in [6.45, 7) is 4.39. The molecule has 2 saturated carbocycles. The lowest BCUT2D eigenvalue weighted by Crippen LogP contribution is -2.23. The molecular weight excluding hydrogens is 234 g/mol. The van der Waals surface area contributed by atoms with E-state index in [1.54, 1.807) is 0 Å². The summed E-state index contributed by atoms with van der Waals surface area (Å²) < 4.78 is 0. The molecule has 3 heteroatoms. The summed E-state index contributed by atoms with van der Waals surface area (Å²) in [5.41, 5.74) is 8.35. The molecule has 0 bridgehead atoms. The number of hydrogen-bond donors (Lipinski definition) is 2. The molecule has 0 spiro atoms. The number of hydrogen-bond acceptors (Lipinski definition) is 1. The van der Waals surface area contributed by atoms with Crippen molar-refractivity contribution < 1.29 is 0 Å². The molecule has 0 aromatic heterocycles. The first-order chi connectivity index (χ1) is 9.13. The highest BCUT2D eigenvalue weighted by Crippen LogP contribution is 2.51. The van der Waals surface area contributed by atoms with E-state index in [-0.39, 0.29) is 0 Å². The molecule has 1 aromatic carbocycles. The Bertz CT molecular complexity index is 489. The van der Waals surface area contributed by atoms with Crippen LogP contribution in [0.5, 0.6) is 0 Å². The second-order valence-electron chi connectivity index (χ2n) is 6.22. The van der Waals surface area contributed by atoms with E-state index in [0.717, 1.165) is 17.5 Å². The number of rotatable bonds is 4. The lowest BCUT2D eigenvalue weighted by atomic mass is 10.0. The molecule has 2 fully saturated rings. The summed E-state index contributed by atoms with van der Waals surface area (Å²) in [6.07, 6.45) is 4.04. The highest BCUT2D eigenvalue weighted by Gasteiger charge is 2.47. The third-order valence-corrected chi connectivity index (χ3v) is 4.16. The molecule has 102 valence electrons. The maximum atomic E-state index is 5.99. The quantitative estimate of drug-likeness (QED) is 0.642. The lowest BCUT2D eigenvalue weighted by molar-refractivity contribution is 0.686. The fourth-order valence-corrected chi connectivity index (χ4v) is 2.71. The van der Waals surface area contributed by atoms with Gasteiger partial charge in [-0.3, -0.25) is 0 Å². The first-order valence-corrected chi connectivity index (χ1v) is 7.33. The van der Waals surface area contributed by atoms with Gasteiger partial charge in [0.15, 0.2) is 5.96 Å². The normalized spacial score (nSPS) is 26.6. The summed E-state index contributed by atoms with van der Waals surface area (Å²) >= 11 is 0. The van der Waals surface area contributed by atoms with Crippen LogP contribution in [-0.4, -0.2) is 12.0 Å². The Morgan fingerprint density at radius 3 is 2.84 bits per heavy atom. The number of nitrogens with two attached hydrogens (primary N) is 1. The van der Waals surface area contributed by atoms with Gasteiger partial charge in [0.2, 0.25) is 0 Å². The summed E-state index contributed by atoms with van der Waals surface area (Å²) in [4.78, 5) is 4.58. The maximum Gasteiger partial charge on any atom is 0.193 e. The molecule has 0 heterocycles. The molecule has 0 saturated heterocycles. The number of nitrogens with zero attached hydrogens (tertiary/aromatic N) is 1. The van der Waals surface area contributed by atoms with Crippen molar-refractivity contribution >= 4 is 11.6 Å². The van der Waals surface area contributed by atoms with Crippen molar-refractivity contribution in [1.29, 1.82) is 0 Å². The fraction of sp³-hybridized carbons (Fsp3) is 0.562. The van der Waals surface area contributed by atoms with E-state index in [9.17, 15) is 0 Å². The fourth-order valence-electron chi connectivity index (χ4n) is 2.71. The van der Waals surface area contributed by atoms with Gasteiger partial charge in [-0.2, -0.15) is 0 Å². The van der Waals surface area contributed by atoms with Crippen LogP contribution in [0.3, 0.4) is 0 Å². The predicted octanol–water partition coefficient (Wildman–Crippen LogP) is 3.34. The van der Waals surface area contributed by atoms with Crippen LogP contribution in [0.25, 0.3) is 0 Å². The summed E-state index contributed by atoms with van der Waals surface area (Å²) in [5.74, 6) is 2.87. The Labute approximate surface area is 115 Å². The average molecular weight is 257 g/mol. The third-order valence-electron chi connectivity index (χ3n) is 4.16. The van der Waals surface area contributed by atoms with Crippen LogP contribution < -0.4 is 11.1 Å². The van der Waals surface area contributed by atoms with E-state index < -0.39 is 0 Å². The number of nitrogens with one attached hydrogen (secondary N) is 1. The molecule has 1 aromatic rings. The van der Waals surface area contributed by atoms with Crippen molar-refractivity contribution in [3.8, 4) is 0 Å². The van der Waals surface area contributed by atoms with Crippen LogP contribution in [0.4, 0.5) is 5.69 Å². The molecule has 2 aliphatic carbocycles. The number of aliphatic imine (C=N–C) groups is 1. The third kappa shape index (κ3) is 3.09. The van der Waals surface area contributed by atoms with Crippen molar-refractivity contribution in [2.75, 3.05) is 5.32 Å². The predicted molar refractivity (Wildman–Crippen MR) is 80.4 cm³/mol. The zero-order valence-electron chi connectivity index (χ0n) is 11.8. The smallest absolute Gasteiger partial charge is 0.193 e. The van der Waals surface area contributed by atoms with E-state index >= 15 is 0 Å². The van der Waals surface area contributed by atoms with Crippen LogP contribution in [0.1, 0.15) is 44.6 Å². The van der Waals surface area contributed by atoms with Gasteiger partial charge >= 0.3 is 0 Å². The van der Waals surface area contributed by atoms with Crippen LogP contribution in [0, 0.1) is 11.8 Å². The van der Waals surface area contributed by atoms with Crippen LogP contribution in [-0.2, 0) is 0 Å². The molecule has 3 nitrogen and oxygen atoms in total. The molecule has 0 unspecified atom stereocenters. The van der Waals surface area contributed by atoms with E-state index in [4.69, 9.17) is 5.73 Å². The number of anilines is 1. The van der Waals surface area contributed by atoms with Gasteiger partial charge in [0.05, 0.1) is 6.04 Å². The van der Waals surface area contributed by atoms with Gasteiger partial charge in [-0.1, -0.05) is 26.0 Å². The molecule has 2 aliphatic rings. The molecule has 2 atom stereocenters. The Kier molecular flexibility index (Phi) is 3.21. The van der Waals surface area contributed by atoms with E-state index in [1.165, 1.54) is 24.8 Å². The topological polar surface area (TPSA) is 50.4 Å². The zero-order valence-corrected chi connectivity index (χ0v) is 11.8. The SMILES string of the molecule is CC(C)c1cccc(NC(N)=N[C@@H]2C[C@H]2C2CC2)c1. The first-order valence-electron chi connectivity index (χ1n) is 7.33.